The van der Waals surface area contributed by atoms with Gasteiger partial charge in [-0.25, -0.2) is 19.9 Å². The molecular formula is C12H14N4S4. The second kappa shape index (κ2) is 7.53. The summed E-state index contributed by atoms with van der Waals surface area (Å²) in [7, 11) is 0. The molecule has 0 fully saturated rings. The fourth-order valence-corrected chi connectivity index (χ4v) is 3.32. The largest absolute Gasteiger partial charge is 0.230 e. The average molecular weight is 343 g/mol. The Labute approximate surface area is 135 Å². The number of aromatic nitrogens is 4. The summed E-state index contributed by atoms with van der Waals surface area (Å²) >= 11 is 6.30. The summed E-state index contributed by atoms with van der Waals surface area (Å²) in [6, 6.07) is 1.99. The number of thioether (sulfide) groups is 4. The first-order valence-electron chi connectivity index (χ1n) is 5.64. The van der Waals surface area contributed by atoms with Crippen LogP contribution in [0.4, 0.5) is 0 Å². The minimum absolute atomic E-state index is 0.771. The van der Waals surface area contributed by atoms with Gasteiger partial charge >= 0.3 is 0 Å². The van der Waals surface area contributed by atoms with E-state index in [1.807, 2.05) is 37.3 Å². The van der Waals surface area contributed by atoms with E-state index >= 15 is 0 Å². The molecule has 20 heavy (non-hydrogen) atoms. The van der Waals surface area contributed by atoms with E-state index in [2.05, 4.69) is 19.9 Å². The summed E-state index contributed by atoms with van der Waals surface area (Å²) in [5.41, 5.74) is 1.84. The van der Waals surface area contributed by atoms with Crippen LogP contribution in [0.3, 0.4) is 0 Å². The van der Waals surface area contributed by atoms with Crippen molar-refractivity contribution in [1.82, 2.24) is 19.9 Å². The van der Waals surface area contributed by atoms with E-state index in [0.29, 0.717) is 0 Å². The second-order valence-electron chi connectivity index (χ2n) is 3.56. The van der Waals surface area contributed by atoms with Gasteiger partial charge in [-0.1, -0.05) is 23.5 Å². The zero-order chi connectivity index (χ0) is 14.5. The molecule has 0 saturated carbocycles. The molecule has 2 aromatic heterocycles. The molecule has 0 amide bonds. The Morgan fingerprint density at radius 1 is 0.800 bits per heavy atom. The molecule has 0 N–H and O–H groups in total. The molecule has 0 aliphatic rings. The van der Waals surface area contributed by atoms with Gasteiger partial charge in [0.15, 0.2) is 10.3 Å². The van der Waals surface area contributed by atoms with E-state index in [9.17, 15) is 0 Å². The Morgan fingerprint density at radius 2 is 1.55 bits per heavy atom. The van der Waals surface area contributed by atoms with E-state index in [1.54, 1.807) is 47.0 Å². The Balaban J connectivity index is 2.55. The highest BCUT2D eigenvalue weighted by atomic mass is 32.2. The molecule has 0 aromatic carbocycles. The summed E-state index contributed by atoms with van der Waals surface area (Å²) in [6.45, 7) is 0. The van der Waals surface area contributed by atoms with Gasteiger partial charge in [-0.3, -0.25) is 0 Å². The molecule has 106 valence electrons. The fraction of sp³-hybridized carbons (Fsp3) is 0.333. The predicted octanol–water partition coefficient (Wildman–Crippen LogP) is 3.82. The minimum atomic E-state index is 0.771. The maximum atomic E-state index is 4.57. The second-order valence-corrected chi connectivity index (χ2v) is 6.73. The maximum absolute atomic E-state index is 4.57. The highest BCUT2D eigenvalue weighted by Gasteiger charge is 2.12. The summed E-state index contributed by atoms with van der Waals surface area (Å²) in [5.74, 6) is 0. The topological polar surface area (TPSA) is 51.6 Å². The lowest BCUT2D eigenvalue weighted by atomic mass is 10.2. The van der Waals surface area contributed by atoms with Gasteiger partial charge in [-0.2, -0.15) is 0 Å². The van der Waals surface area contributed by atoms with Crippen LogP contribution in [0.2, 0.25) is 0 Å². The van der Waals surface area contributed by atoms with Gasteiger partial charge in [-0.15, -0.1) is 23.5 Å². The molecule has 0 aliphatic carbocycles. The van der Waals surface area contributed by atoms with E-state index in [-0.39, 0.29) is 0 Å². The average Bonchev–Trinajstić information content (AvgIpc) is 2.53. The van der Waals surface area contributed by atoms with Crippen molar-refractivity contribution < 1.29 is 0 Å². The van der Waals surface area contributed by atoms with Crippen LogP contribution >= 0.6 is 47.0 Å². The first-order chi connectivity index (χ1) is 9.71. The zero-order valence-corrected chi connectivity index (χ0v) is 14.8. The molecule has 0 aliphatic heterocycles. The lowest BCUT2D eigenvalue weighted by molar-refractivity contribution is 0.871. The Hall–Kier alpha value is -0.440. The van der Waals surface area contributed by atoms with Crippen LogP contribution in [0.15, 0.2) is 32.6 Å². The van der Waals surface area contributed by atoms with Crippen molar-refractivity contribution in [3.05, 3.63) is 12.3 Å². The molecular weight excluding hydrogens is 328 g/mol. The van der Waals surface area contributed by atoms with Crippen LogP contribution in [0.25, 0.3) is 11.3 Å². The number of hydrogen-bond acceptors (Lipinski definition) is 8. The molecule has 0 saturated heterocycles. The quantitative estimate of drug-likeness (QED) is 0.462. The third-order valence-electron chi connectivity index (χ3n) is 2.46. The number of nitrogens with zero attached hydrogens (tertiary/aromatic N) is 4. The predicted molar refractivity (Wildman–Crippen MR) is 90.2 cm³/mol. The highest BCUT2D eigenvalue weighted by Crippen LogP contribution is 2.30. The van der Waals surface area contributed by atoms with Gasteiger partial charge in [0.1, 0.15) is 10.1 Å². The lowest BCUT2D eigenvalue weighted by Crippen LogP contribution is -1.97. The molecule has 2 rings (SSSR count). The smallest absolute Gasteiger partial charge is 0.188 e. The van der Waals surface area contributed by atoms with Crippen molar-refractivity contribution in [3.8, 4) is 11.3 Å². The van der Waals surface area contributed by atoms with Crippen molar-refractivity contribution in [2.75, 3.05) is 25.0 Å². The van der Waals surface area contributed by atoms with Crippen LogP contribution in [-0.2, 0) is 0 Å². The van der Waals surface area contributed by atoms with Crippen molar-refractivity contribution >= 4 is 47.0 Å². The molecule has 2 heterocycles. The van der Waals surface area contributed by atoms with E-state index in [1.165, 1.54) is 0 Å². The van der Waals surface area contributed by atoms with Gasteiger partial charge in [-0.05, 0) is 31.1 Å². The van der Waals surface area contributed by atoms with Crippen LogP contribution in [0.1, 0.15) is 0 Å². The molecule has 2 aromatic rings. The zero-order valence-electron chi connectivity index (χ0n) is 11.6. The Bertz CT molecular complexity index is 584. The SMILES string of the molecule is CSc1cc(-c2cnc(SC)nc2SC)nc(SC)n1. The van der Waals surface area contributed by atoms with Crippen LogP contribution in [-0.4, -0.2) is 45.0 Å². The highest BCUT2D eigenvalue weighted by molar-refractivity contribution is 7.99. The lowest BCUT2D eigenvalue weighted by Gasteiger charge is -2.09. The molecule has 0 spiro atoms. The minimum Gasteiger partial charge on any atom is -0.230 e. The molecule has 0 atom stereocenters. The van der Waals surface area contributed by atoms with E-state index in [0.717, 1.165) is 31.6 Å². The molecule has 0 radical (unpaired) electrons. The normalized spacial score (nSPS) is 10.8. The molecule has 8 heteroatoms. The molecule has 0 bridgehead atoms. The molecule has 4 nitrogen and oxygen atoms in total. The van der Waals surface area contributed by atoms with Gasteiger partial charge in [0.05, 0.1) is 11.3 Å². The third-order valence-corrected chi connectivity index (χ3v) is 4.89. The monoisotopic (exact) mass is 342 g/mol. The van der Waals surface area contributed by atoms with Gasteiger partial charge < -0.3 is 0 Å². The Morgan fingerprint density at radius 3 is 2.15 bits per heavy atom. The van der Waals surface area contributed by atoms with Crippen molar-refractivity contribution in [2.24, 2.45) is 0 Å². The maximum Gasteiger partial charge on any atom is 0.188 e. The summed E-state index contributed by atoms with van der Waals surface area (Å²) in [5, 5.41) is 3.46. The standard InChI is InChI=1S/C12H14N4S4/c1-17-9-5-8(14-12(15-9)20-4)7-6-13-11(19-3)16-10(7)18-2/h5-6H,1-4H3. The van der Waals surface area contributed by atoms with Gasteiger partial charge in [0.25, 0.3) is 0 Å². The van der Waals surface area contributed by atoms with Crippen molar-refractivity contribution in [1.29, 1.82) is 0 Å². The summed E-state index contributed by atoms with van der Waals surface area (Å²) in [4.78, 5) is 17.9. The Kier molecular flexibility index (Phi) is 6.01. The third kappa shape index (κ3) is 3.60. The van der Waals surface area contributed by atoms with Crippen LogP contribution in [0.5, 0.6) is 0 Å². The van der Waals surface area contributed by atoms with Gasteiger partial charge in [0.2, 0.25) is 0 Å². The van der Waals surface area contributed by atoms with E-state index in [4.69, 9.17) is 0 Å². The van der Waals surface area contributed by atoms with Crippen LogP contribution < -0.4 is 0 Å². The summed E-state index contributed by atoms with van der Waals surface area (Å²) in [6.07, 6.45) is 9.83. The van der Waals surface area contributed by atoms with Crippen LogP contribution in [0, 0.1) is 0 Å². The first kappa shape index (κ1) is 15.9. The summed E-state index contributed by atoms with van der Waals surface area (Å²) < 4.78 is 0. The number of rotatable bonds is 5. The first-order valence-corrected chi connectivity index (χ1v) is 10.5. The van der Waals surface area contributed by atoms with Crippen molar-refractivity contribution in [2.45, 2.75) is 20.4 Å². The number of hydrogen-bond donors (Lipinski definition) is 0. The van der Waals surface area contributed by atoms with Crippen molar-refractivity contribution in [3.63, 3.8) is 0 Å². The molecule has 0 unspecified atom stereocenters. The van der Waals surface area contributed by atoms with E-state index < -0.39 is 0 Å². The fourth-order valence-electron chi connectivity index (χ4n) is 1.52. The van der Waals surface area contributed by atoms with Gasteiger partial charge in [0, 0.05) is 6.20 Å².